The first kappa shape index (κ1) is 13.5. The van der Waals surface area contributed by atoms with Crippen molar-refractivity contribution in [1.82, 2.24) is 4.98 Å². The molecule has 3 nitrogen and oxygen atoms in total. The molecule has 2 aromatic rings. The van der Waals surface area contributed by atoms with E-state index in [1.165, 1.54) is 11.3 Å². The summed E-state index contributed by atoms with van der Waals surface area (Å²) in [5, 5.41) is 5.21. The lowest BCUT2D eigenvalue weighted by Gasteiger charge is -2.02. The fourth-order valence-corrected chi connectivity index (χ4v) is 2.11. The van der Waals surface area contributed by atoms with Gasteiger partial charge < -0.3 is 0 Å². The van der Waals surface area contributed by atoms with Gasteiger partial charge in [-0.2, -0.15) is 0 Å². The number of hydrogen-bond donors (Lipinski definition) is 1. The largest absolute Gasteiger partial charge is 0.298 e. The molecule has 0 bridgehead atoms. The Hall–Kier alpha value is -1.94. The second kappa shape index (κ2) is 6.85. The highest BCUT2D eigenvalue weighted by Crippen LogP contribution is 2.13. The van der Waals surface area contributed by atoms with Gasteiger partial charge in [-0.1, -0.05) is 37.6 Å². The van der Waals surface area contributed by atoms with E-state index in [1.54, 1.807) is 6.20 Å². The summed E-state index contributed by atoms with van der Waals surface area (Å²) >= 11 is 1.41. The third-order valence-corrected chi connectivity index (χ3v) is 3.28. The second-order valence-electron chi connectivity index (χ2n) is 4.10. The summed E-state index contributed by atoms with van der Waals surface area (Å²) in [6, 6.07) is 7.55. The molecule has 1 N–H and O–H groups in total. The lowest BCUT2D eigenvalue weighted by molar-refractivity contribution is 0.102. The monoisotopic (exact) mass is 272 g/mol. The van der Waals surface area contributed by atoms with Crippen molar-refractivity contribution in [1.29, 1.82) is 0 Å². The van der Waals surface area contributed by atoms with E-state index in [0.717, 1.165) is 18.4 Å². The Morgan fingerprint density at radius 3 is 2.79 bits per heavy atom. The van der Waals surface area contributed by atoms with Crippen LogP contribution in [-0.2, 0) is 0 Å². The lowest BCUT2D eigenvalue weighted by Crippen LogP contribution is -2.11. The van der Waals surface area contributed by atoms with E-state index in [-0.39, 0.29) is 5.91 Å². The average molecular weight is 272 g/mol. The van der Waals surface area contributed by atoms with Crippen LogP contribution in [0.15, 0.2) is 41.9 Å². The van der Waals surface area contributed by atoms with Gasteiger partial charge in [0.15, 0.2) is 5.13 Å². The van der Waals surface area contributed by atoms with Gasteiger partial charge in [0, 0.05) is 17.1 Å². The molecule has 1 aromatic heterocycles. The number of carbonyl (C=O) groups excluding carboxylic acids is 1. The highest BCUT2D eigenvalue weighted by Gasteiger charge is 2.06. The molecule has 1 heterocycles. The summed E-state index contributed by atoms with van der Waals surface area (Å²) in [6.45, 7) is 2.15. The molecular formula is C15H16N2OS. The van der Waals surface area contributed by atoms with E-state index < -0.39 is 0 Å². The fraction of sp³-hybridized carbons (Fsp3) is 0.200. The van der Waals surface area contributed by atoms with Crippen molar-refractivity contribution in [3.05, 3.63) is 53.0 Å². The molecule has 4 heteroatoms. The van der Waals surface area contributed by atoms with E-state index in [1.807, 2.05) is 29.6 Å². The van der Waals surface area contributed by atoms with Crippen LogP contribution in [0, 0.1) is 0 Å². The topological polar surface area (TPSA) is 42.0 Å². The number of thiazole rings is 1. The SMILES string of the molecule is CCCC=Cc1ccc(C(=O)Nc2nccs2)cc1. The maximum Gasteiger partial charge on any atom is 0.257 e. The van der Waals surface area contributed by atoms with Crippen molar-refractivity contribution in [3.8, 4) is 0 Å². The van der Waals surface area contributed by atoms with Crippen molar-refractivity contribution < 1.29 is 4.79 Å². The highest BCUT2D eigenvalue weighted by atomic mass is 32.1. The van der Waals surface area contributed by atoms with Crippen LogP contribution in [0.25, 0.3) is 6.08 Å². The third-order valence-electron chi connectivity index (χ3n) is 2.59. The van der Waals surface area contributed by atoms with Crippen molar-refractivity contribution in [3.63, 3.8) is 0 Å². The van der Waals surface area contributed by atoms with Gasteiger partial charge in [-0.25, -0.2) is 4.98 Å². The molecular weight excluding hydrogens is 256 g/mol. The standard InChI is InChI=1S/C15H16N2OS/c1-2-3-4-5-12-6-8-13(9-7-12)14(18)17-15-16-10-11-19-15/h4-11H,2-3H2,1H3,(H,16,17,18). The van der Waals surface area contributed by atoms with Crippen molar-refractivity contribution >= 4 is 28.5 Å². The first-order valence-corrected chi connectivity index (χ1v) is 7.15. The first-order chi connectivity index (χ1) is 9.29. The molecule has 0 fully saturated rings. The van der Waals surface area contributed by atoms with Crippen LogP contribution in [0.1, 0.15) is 35.7 Å². The number of unbranched alkanes of at least 4 members (excludes halogenated alkanes) is 1. The van der Waals surface area contributed by atoms with Crippen molar-refractivity contribution in [2.45, 2.75) is 19.8 Å². The summed E-state index contributed by atoms with van der Waals surface area (Å²) < 4.78 is 0. The van der Waals surface area contributed by atoms with E-state index in [0.29, 0.717) is 10.7 Å². The number of anilines is 1. The molecule has 0 aliphatic rings. The van der Waals surface area contributed by atoms with Crippen LogP contribution >= 0.6 is 11.3 Å². The number of allylic oxidation sites excluding steroid dienone is 1. The molecule has 2 rings (SSSR count). The van der Waals surface area contributed by atoms with E-state index in [2.05, 4.69) is 29.4 Å². The number of nitrogens with zero attached hydrogens (tertiary/aromatic N) is 1. The Morgan fingerprint density at radius 1 is 1.37 bits per heavy atom. The Balaban J connectivity index is 1.99. The molecule has 0 radical (unpaired) electrons. The predicted molar refractivity (Wildman–Crippen MR) is 80.5 cm³/mol. The number of hydrogen-bond acceptors (Lipinski definition) is 3. The molecule has 0 aliphatic heterocycles. The molecule has 0 saturated heterocycles. The van der Waals surface area contributed by atoms with Gasteiger partial charge in [-0.15, -0.1) is 11.3 Å². The van der Waals surface area contributed by atoms with Crippen LogP contribution in [0.2, 0.25) is 0 Å². The van der Waals surface area contributed by atoms with E-state index in [4.69, 9.17) is 0 Å². The zero-order valence-corrected chi connectivity index (χ0v) is 11.6. The van der Waals surface area contributed by atoms with Gasteiger partial charge in [-0.3, -0.25) is 10.1 Å². The molecule has 0 aliphatic carbocycles. The predicted octanol–water partition coefficient (Wildman–Crippen LogP) is 4.21. The number of benzene rings is 1. The summed E-state index contributed by atoms with van der Waals surface area (Å²) in [5.41, 5.74) is 1.75. The van der Waals surface area contributed by atoms with Crippen molar-refractivity contribution in [2.75, 3.05) is 5.32 Å². The minimum absolute atomic E-state index is 0.126. The summed E-state index contributed by atoms with van der Waals surface area (Å²) in [6.07, 6.45) is 8.11. The quantitative estimate of drug-likeness (QED) is 0.886. The normalized spacial score (nSPS) is 10.8. The number of nitrogens with one attached hydrogen (secondary N) is 1. The molecule has 98 valence electrons. The molecule has 1 amide bonds. The van der Waals surface area contributed by atoms with Gasteiger partial charge >= 0.3 is 0 Å². The highest BCUT2D eigenvalue weighted by molar-refractivity contribution is 7.13. The zero-order chi connectivity index (χ0) is 13.5. The second-order valence-corrected chi connectivity index (χ2v) is 5.00. The van der Waals surface area contributed by atoms with Crippen LogP contribution < -0.4 is 5.32 Å². The van der Waals surface area contributed by atoms with Crippen molar-refractivity contribution in [2.24, 2.45) is 0 Å². The summed E-state index contributed by atoms with van der Waals surface area (Å²) in [7, 11) is 0. The van der Waals surface area contributed by atoms with Gasteiger partial charge in [-0.05, 0) is 24.1 Å². The van der Waals surface area contributed by atoms with E-state index in [9.17, 15) is 4.79 Å². The Labute approximate surface area is 117 Å². The summed E-state index contributed by atoms with van der Waals surface area (Å²) in [4.78, 5) is 15.9. The smallest absolute Gasteiger partial charge is 0.257 e. The minimum atomic E-state index is -0.126. The number of carbonyl (C=O) groups is 1. The van der Waals surface area contributed by atoms with E-state index >= 15 is 0 Å². The molecule has 0 saturated carbocycles. The molecule has 0 atom stereocenters. The Kier molecular flexibility index (Phi) is 4.86. The molecule has 19 heavy (non-hydrogen) atoms. The number of amides is 1. The van der Waals surface area contributed by atoms with Gasteiger partial charge in [0.1, 0.15) is 0 Å². The fourth-order valence-electron chi connectivity index (χ4n) is 1.59. The van der Waals surface area contributed by atoms with Gasteiger partial charge in [0.2, 0.25) is 0 Å². The Bertz CT molecular complexity index is 544. The number of aromatic nitrogens is 1. The zero-order valence-electron chi connectivity index (χ0n) is 10.8. The first-order valence-electron chi connectivity index (χ1n) is 6.27. The third kappa shape index (κ3) is 4.03. The maximum absolute atomic E-state index is 11.9. The number of rotatable bonds is 5. The molecule has 0 spiro atoms. The summed E-state index contributed by atoms with van der Waals surface area (Å²) in [5.74, 6) is -0.126. The molecule has 0 unspecified atom stereocenters. The molecule has 1 aromatic carbocycles. The maximum atomic E-state index is 11.9. The van der Waals surface area contributed by atoms with Crippen LogP contribution in [0.4, 0.5) is 5.13 Å². The van der Waals surface area contributed by atoms with Gasteiger partial charge in [0.05, 0.1) is 0 Å². The van der Waals surface area contributed by atoms with Gasteiger partial charge in [0.25, 0.3) is 5.91 Å². The van der Waals surface area contributed by atoms with Crippen LogP contribution in [0.3, 0.4) is 0 Å². The average Bonchev–Trinajstić information content (AvgIpc) is 2.93. The van der Waals surface area contributed by atoms with Crippen LogP contribution in [0.5, 0.6) is 0 Å². The lowest BCUT2D eigenvalue weighted by atomic mass is 10.1. The minimum Gasteiger partial charge on any atom is -0.298 e. The van der Waals surface area contributed by atoms with Crippen LogP contribution in [-0.4, -0.2) is 10.9 Å². The Morgan fingerprint density at radius 2 is 2.16 bits per heavy atom.